The van der Waals surface area contributed by atoms with Crippen LogP contribution in [-0.2, 0) is 14.3 Å². The summed E-state index contributed by atoms with van der Waals surface area (Å²) in [6, 6.07) is -0.581. The number of hydrogen-bond donors (Lipinski definition) is 4. The van der Waals surface area contributed by atoms with Crippen LogP contribution in [0.2, 0.25) is 0 Å². The fourth-order valence-corrected chi connectivity index (χ4v) is 1.64. The zero-order chi connectivity index (χ0) is 15.2. The lowest BCUT2D eigenvalue weighted by Gasteiger charge is -2.18. The van der Waals surface area contributed by atoms with Crippen LogP contribution in [-0.4, -0.2) is 55.9 Å². The van der Waals surface area contributed by atoms with Crippen LogP contribution >= 0.6 is 0 Å². The van der Waals surface area contributed by atoms with Gasteiger partial charge >= 0.3 is 0 Å². The van der Waals surface area contributed by atoms with Crippen LogP contribution in [0.4, 0.5) is 0 Å². The maximum Gasteiger partial charge on any atom is 0.242 e. The number of rotatable bonds is 12. The average molecular weight is 289 g/mol. The third-order valence-electron chi connectivity index (χ3n) is 2.69. The quantitative estimate of drug-likeness (QED) is 0.349. The van der Waals surface area contributed by atoms with E-state index in [1.807, 2.05) is 6.92 Å². The summed E-state index contributed by atoms with van der Waals surface area (Å²) in [6.45, 7) is 3.38. The Bertz CT molecular complexity index is 274. The first kappa shape index (κ1) is 18.8. The van der Waals surface area contributed by atoms with E-state index >= 15 is 0 Å². The smallest absolute Gasteiger partial charge is 0.242 e. The molecular weight excluding hydrogens is 262 g/mol. The molecule has 0 aromatic heterocycles. The third-order valence-corrected chi connectivity index (χ3v) is 2.69. The van der Waals surface area contributed by atoms with Crippen LogP contribution in [0.25, 0.3) is 0 Å². The zero-order valence-corrected chi connectivity index (χ0v) is 12.2. The molecule has 7 nitrogen and oxygen atoms in total. The van der Waals surface area contributed by atoms with Crippen molar-refractivity contribution in [1.82, 2.24) is 10.6 Å². The standard InChI is InChI=1S/C13H27N3O4/c1-2-20-10-6-12(18)16-11(5-3-4-7-14)13(19)15-8-9-17/h11,17H,2-10,14H2,1H3,(H,15,19)(H,16,18). The first-order valence-corrected chi connectivity index (χ1v) is 7.11. The van der Waals surface area contributed by atoms with Crippen molar-refractivity contribution in [2.75, 3.05) is 32.9 Å². The molecule has 0 saturated carbocycles. The Labute approximate surface area is 120 Å². The molecule has 7 heteroatoms. The van der Waals surface area contributed by atoms with Gasteiger partial charge in [-0.15, -0.1) is 0 Å². The lowest BCUT2D eigenvalue weighted by molar-refractivity contribution is -0.129. The number of carbonyl (C=O) groups is 2. The molecule has 20 heavy (non-hydrogen) atoms. The van der Waals surface area contributed by atoms with Crippen molar-refractivity contribution in [2.24, 2.45) is 5.73 Å². The molecule has 0 aliphatic rings. The highest BCUT2D eigenvalue weighted by atomic mass is 16.5. The Morgan fingerprint density at radius 1 is 1.35 bits per heavy atom. The van der Waals surface area contributed by atoms with E-state index in [2.05, 4.69) is 10.6 Å². The summed E-state index contributed by atoms with van der Waals surface area (Å²) < 4.78 is 5.10. The molecule has 0 radical (unpaired) electrons. The minimum atomic E-state index is -0.581. The number of nitrogens with two attached hydrogens (primary N) is 1. The van der Waals surface area contributed by atoms with Gasteiger partial charge in [-0.1, -0.05) is 0 Å². The van der Waals surface area contributed by atoms with Gasteiger partial charge in [0, 0.05) is 19.6 Å². The number of nitrogens with one attached hydrogen (secondary N) is 2. The number of hydrogen-bond acceptors (Lipinski definition) is 5. The molecule has 118 valence electrons. The Morgan fingerprint density at radius 3 is 2.70 bits per heavy atom. The molecule has 0 aromatic carbocycles. The maximum absolute atomic E-state index is 11.9. The second-order valence-corrected chi connectivity index (χ2v) is 4.37. The SMILES string of the molecule is CCOCCC(=O)NC(CCCCN)C(=O)NCCO. The molecule has 0 bridgehead atoms. The van der Waals surface area contributed by atoms with Crippen molar-refractivity contribution in [2.45, 2.75) is 38.6 Å². The fraction of sp³-hybridized carbons (Fsp3) is 0.846. The minimum absolute atomic E-state index is 0.125. The molecule has 0 aliphatic heterocycles. The van der Waals surface area contributed by atoms with Crippen molar-refractivity contribution in [3.05, 3.63) is 0 Å². The minimum Gasteiger partial charge on any atom is -0.395 e. The molecule has 0 fully saturated rings. The molecule has 0 aromatic rings. The molecule has 0 rings (SSSR count). The monoisotopic (exact) mass is 289 g/mol. The van der Waals surface area contributed by atoms with Gasteiger partial charge in [0.2, 0.25) is 11.8 Å². The van der Waals surface area contributed by atoms with Gasteiger partial charge < -0.3 is 26.2 Å². The van der Waals surface area contributed by atoms with Gasteiger partial charge in [-0.3, -0.25) is 9.59 Å². The second-order valence-electron chi connectivity index (χ2n) is 4.37. The molecule has 2 amide bonds. The number of amides is 2. The third kappa shape index (κ3) is 9.71. The predicted molar refractivity (Wildman–Crippen MR) is 76.0 cm³/mol. The van der Waals surface area contributed by atoms with E-state index in [-0.39, 0.29) is 31.4 Å². The van der Waals surface area contributed by atoms with E-state index in [1.165, 1.54) is 0 Å². The summed E-state index contributed by atoms with van der Waals surface area (Å²) in [5.74, 6) is -0.490. The number of aliphatic hydroxyl groups excluding tert-OH is 1. The van der Waals surface area contributed by atoms with Crippen LogP contribution in [0.15, 0.2) is 0 Å². The molecule has 1 atom stereocenters. The predicted octanol–water partition coefficient (Wildman–Crippen LogP) is -0.865. The van der Waals surface area contributed by atoms with Gasteiger partial charge in [0.1, 0.15) is 6.04 Å². The molecule has 0 heterocycles. The first-order chi connectivity index (χ1) is 9.65. The van der Waals surface area contributed by atoms with E-state index in [9.17, 15) is 9.59 Å². The Kier molecular flexibility index (Phi) is 12.1. The van der Waals surface area contributed by atoms with Crippen molar-refractivity contribution in [3.63, 3.8) is 0 Å². The Morgan fingerprint density at radius 2 is 2.10 bits per heavy atom. The molecule has 1 unspecified atom stereocenters. The van der Waals surface area contributed by atoms with Gasteiger partial charge in [0.05, 0.1) is 13.2 Å². The Balaban J connectivity index is 4.20. The van der Waals surface area contributed by atoms with Crippen molar-refractivity contribution >= 4 is 11.8 Å². The fourth-order valence-electron chi connectivity index (χ4n) is 1.64. The zero-order valence-electron chi connectivity index (χ0n) is 12.2. The maximum atomic E-state index is 11.9. The van der Waals surface area contributed by atoms with Crippen molar-refractivity contribution in [3.8, 4) is 0 Å². The molecular formula is C13H27N3O4. The largest absolute Gasteiger partial charge is 0.395 e. The normalized spacial score (nSPS) is 11.9. The molecule has 5 N–H and O–H groups in total. The van der Waals surface area contributed by atoms with E-state index in [1.54, 1.807) is 0 Å². The van der Waals surface area contributed by atoms with E-state index in [0.29, 0.717) is 26.2 Å². The summed E-state index contributed by atoms with van der Waals surface area (Å²) in [5, 5.41) is 14.0. The van der Waals surface area contributed by atoms with Crippen molar-refractivity contribution in [1.29, 1.82) is 0 Å². The number of unbranched alkanes of at least 4 members (excludes halogenated alkanes) is 1. The molecule has 0 saturated heterocycles. The van der Waals surface area contributed by atoms with E-state index in [0.717, 1.165) is 12.8 Å². The van der Waals surface area contributed by atoms with Gasteiger partial charge in [0.15, 0.2) is 0 Å². The summed E-state index contributed by atoms with van der Waals surface area (Å²) in [5.41, 5.74) is 5.42. The number of ether oxygens (including phenoxy) is 1. The van der Waals surface area contributed by atoms with Crippen LogP contribution in [0.5, 0.6) is 0 Å². The highest BCUT2D eigenvalue weighted by molar-refractivity contribution is 5.87. The van der Waals surface area contributed by atoms with Gasteiger partial charge in [0.25, 0.3) is 0 Å². The second kappa shape index (κ2) is 12.8. The van der Waals surface area contributed by atoms with Crippen LogP contribution in [0.3, 0.4) is 0 Å². The summed E-state index contributed by atoms with van der Waals surface area (Å²) in [6.07, 6.45) is 2.33. The highest BCUT2D eigenvalue weighted by Gasteiger charge is 2.19. The van der Waals surface area contributed by atoms with Crippen LogP contribution in [0, 0.1) is 0 Å². The van der Waals surface area contributed by atoms with E-state index < -0.39 is 6.04 Å². The molecule has 0 aliphatic carbocycles. The summed E-state index contributed by atoms with van der Waals surface area (Å²) >= 11 is 0. The summed E-state index contributed by atoms with van der Waals surface area (Å²) in [7, 11) is 0. The van der Waals surface area contributed by atoms with E-state index in [4.69, 9.17) is 15.6 Å². The lowest BCUT2D eigenvalue weighted by atomic mass is 10.1. The molecule has 0 spiro atoms. The number of carbonyl (C=O) groups excluding carboxylic acids is 2. The Hall–Kier alpha value is -1.18. The topological polar surface area (TPSA) is 114 Å². The van der Waals surface area contributed by atoms with Crippen LogP contribution in [0.1, 0.15) is 32.6 Å². The highest BCUT2D eigenvalue weighted by Crippen LogP contribution is 2.01. The lowest BCUT2D eigenvalue weighted by Crippen LogP contribution is -2.47. The number of aliphatic hydroxyl groups is 1. The summed E-state index contributed by atoms with van der Waals surface area (Å²) in [4.78, 5) is 23.6. The first-order valence-electron chi connectivity index (χ1n) is 7.11. The van der Waals surface area contributed by atoms with Gasteiger partial charge in [-0.05, 0) is 32.7 Å². The van der Waals surface area contributed by atoms with Crippen LogP contribution < -0.4 is 16.4 Å². The van der Waals surface area contributed by atoms with Gasteiger partial charge in [-0.25, -0.2) is 0 Å². The van der Waals surface area contributed by atoms with Gasteiger partial charge in [-0.2, -0.15) is 0 Å². The van der Waals surface area contributed by atoms with Crippen molar-refractivity contribution < 1.29 is 19.4 Å². The average Bonchev–Trinajstić information content (AvgIpc) is 2.44.